The summed E-state index contributed by atoms with van der Waals surface area (Å²) in [7, 11) is 0. The van der Waals surface area contributed by atoms with E-state index in [-0.39, 0.29) is 0 Å². The predicted molar refractivity (Wildman–Crippen MR) is 161 cm³/mol. The molecule has 0 nitrogen and oxygen atoms in total. The molecule has 2 aromatic carbocycles. The molecular formula is C36H44. The topological polar surface area (TPSA) is 0 Å². The van der Waals surface area contributed by atoms with Crippen molar-refractivity contribution in [3.05, 3.63) is 132 Å². The molecule has 0 atom stereocenters. The van der Waals surface area contributed by atoms with Crippen molar-refractivity contribution in [3.63, 3.8) is 0 Å². The smallest absolute Gasteiger partial charge is 0.00695 e. The molecule has 0 spiro atoms. The number of hydrogen-bond donors (Lipinski definition) is 0. The first-order valence-electron chi connectivity index (χ1n) is 13.5. The van der Waals surface area contributed by atoms with E-state index in [4.69, 9.17) is 0 Å². The Morgan fingerprint density at radius 2 is 1.64 bits per heavy atom. The molecule has 3 rings (SSSR count). The van der Waals surface area contributed by atoms with Crippen LogP contribution < -0.4 is 0 Å². The molecule has 0 radical (unpaired) electrons. The maximum absolute atomic E-state index is 4.43. The second-order valence-electron chi connectivity index (χ2n) is 10.8. The van der Waals surface area contributed by atoms with Crippen LogP contribution in [0.4, 0.5) is 0 Å². The van der Waals surface area contributed by atoms with Crippen molar-refractivity contribution in [1.29, 1.82) is 0 Å². The van der Waals surface area contributed by atoms with Gasteiger partial charge in [-0.2, -0.15) is 0 Å². The van der Waals surface area contributed by atoms with E-state index in [2.05, 4.69) is 102 Å². The fourth-order valence-electron chi connectivity index (χ4n) is 5.16. The van der Waals surface area contributed by atoms with E-state index in [1.807, 2.05) is 6.08 Å². The first-order chi connectivity index (χ1) is 17.3. The summed E-state index contributed by atoms with van der Waals surface area (Å²) in [6, 6.07) is 17.5. The minimum atomic E-state index is 0.624. The predicted octanol–water partition coefficient (Wildman–Crippen LogP) is 10.6. The first-order valence-corrected chi connectivity index (χ1v) is 13.5. The molecule has 1 aliphatic rings. The van der Waals surface area contributed by atoms with Gasteiger partial charge in [0.2, 0.25) is 0 Å². The second kappa shape index (κ2) is 13.3. The third kappa shape index (κ3) is 7.95. The van der Waals surface area contributed by atoms with Crippen LogP contribution in [0.15, 0.2) is 109 Å². The highest BCUT2D eigenvalue weighted by atomic mass is 14.2. The van der Waals surface area contributed by atoms with E-state index in [1.165, 1.54) is 50.1 Å². The molecular weight excluding hydrogens is 432 g/mol. The fraction of sp³-hybridized carbons (Fsp3) is 0.333. The average molecular weight is 477 g/mol. The van der Waals surface area contributed by atoms with Crippen LogP contribution >= 0.6 is 0 Å². The zero-order valence-electron chi connectivity index (χ0n) is 22.8. The van der Waals surface area contributed by atoms with Gasteiger partial charge >= 0.3 is 0 Å². The maximum Gasteiger partial charge on any atom is -0.00695 e. The summed E-state index contributed by atoms with van der Waals surface area (Å²) in [5.41, 5.74) is 13.4. The van der Waals surface area contributed by atoms with Gasteiger partial charge in [0.05, 0.1) is 0 Å². The zero-order chi connectivity index (χ0) is 26.1. The van der Waals surface area contributed by atoms with Crippen molar-refractivity contribution in [1.82, 2.24) is 0 Å². The van der Waals surface area contributed by atoms with Crippen LogP contribution in [-0.4, -0.2) is 0 Å². The molecule has 0 N–H and O–H groups in total. The van der Waals surface area contributed by atoms with Gasteiger partial charge in [-0.25, -0.2) is 0 Å². The van der Waals surface area contributed by atoms with E-state index in [1.54, 1.807) is 5.57 Å². The van der Waals surface area contributed by atoms with Crippen molar-refractivity contribution in [2.45, 2.75) is 72.1 Å². The Labute approximate surface area is 220 Å². The van der Waals surface area contributed by atoms with Crippen LogP contribution in [0, 0.1) is 12.8 Å². The molecule has 0 saturated carbocycles. The van der Waals surface area contributed by atoms with E-state index in [9.17, 15) is 0 Å². The molecule has 0 aliphatic heterocycles. The lowest BCUT2D eigenvalue weighted by Crippen LogP contribution is -1.96. The van der Waals surface area contributed by atoms with Gasteiger partial charge in [0.1, 0.15) is 0 Å². The molecule has 0 fully saturated rings. The van der Waals surface area contributed by atoms with Gasteiger partial charge in [0.25, 0.3) is 0 Å². The van der Waals surface area contributed by atoms with Gasteiger partial charge in [0, 0.05) is 0 Å². The Hall–Kier alpha value is -3.12. The molecule has 188 valence electrons. The van der Waals surface area contributed by atoms with Crippen molar-refractivity contribution >= 4 is 11.1 Å². The van der Waals surface area contributed by atoms with Crippen LogP contribution in [0.3, 0.4) is 0 Å². The lowest BCUT2D eigenvalue weighted by molar-refractivity contribution is 0.674. The zero-order valence-corrected chi connectivity index (χ0v) is 22.8. The third-order valence-electron chi connectivity index (χ3n) is 7.10. The Bertz CT molecular complexity index is 1180. The monoisotopic (exact) mass is 476 g/mol. The largest absolute Gasteiger partial charge is 0.103 e. The SMILES string of the molecule is C=CCC1=C(CCC(=C)c2cccc(C)c2)CC=C1CCC(=C)Cc1cccc(C(=C)CC(C)C)c1. The molecule has 0 amide bonds. The summed E-state index contributed by atoms with van der Waals surface area (Å²) in [4.78, 5) is 0. The van der Waals surface area contributed by atoms with E-state index in [0.29, 0.717) is 5.92 Å². The summed E-state index contributed by atoms with van der Waals surface area (Å²) in [5, 5.41) is 0. The lowest BCUT2D eigenvalue weighted by atomic mass is 9.92. The van der Waals surface area contributed by atoms with Crippen molar-refractivity contribution in [2.24, 2.45) is 5.92 Å². The number of hydrogen-bond acceptors (Lipinski definition) is 0. The minimum Gasteiger partial charge on any atom is -0.103 e. The molecule has 0 aromatic heterocycles. The summed E-state index contributed by atoms with van der Waals surface area (Å²) in [6.45, 7) is 23.8. The number of rotatable bonds is 14. The fourth-order valence-corrected chi connectivity index (χ4v) is 5.16. The Balaban J connectivity index is 1.57. The van der Waals surface area contributed by atoms with Crippen molar-refractivity contribution < 1.29 is 0 Å². The molecule has 0 heterocycles. The number of allylic oxidation sites excluding steroid dienone is 8. The quantitative estimate of drug-likeness (QED) is 0.238. The Morgan fingerprint density at radius 3 is 2.33 bits per heavy atom. The Kier molecular flexibility index (Phi) is 10.1. The lowest BCUT2D eigenvalue weighted by Gasteiger charge is -2.14. The van der Waals surface area contributed by atoms with Crippen LogP contribution in [0.1, 0.15) is 81.0 Å². The normalized spacial score (nSPS) is 13.2. The molecule has 0 unspecified atom stereocenters. The standard InChI is InChI=1S/C36H44/c1-8-11-36-32(20-21-33(36)19-17-29(6)34-14-9-12-27(4)24-34)18-16-28(5)23-31-13-10-15-35(25-31)30(7)22-26(2)3/h8-10,12-15,20,24-26H,1,5-7,11,16-19,21-23H2,2-4H3. The summed E-state index contributed by atoms with van der Waals surface area (Å²) >= 11 is 0. The van der Waals surface area contributed by atoms with Gasteiger partial charge < -0.3 is 0 Å². The highest BCUT2D eigenvalue weighted by Gasteiger charge is 2.17. The molecule has 36 heavy (non-hydrogen) atoms. The van der Waals surface area contributed by atoms with Crippen LogP contribution in [0.5, 0.6) is 0 Å². The van der Waals surface area contributed by atoms with Gasteiger partial charge in [-0.1, -0.05) is 111 Å². The van der Waals surface area contributed by atoms with Crippen molar-refractivity contribution in [2.75, 3.05) is 0 Å². The summed E-state index contributed by atoms with van der Waals surface area (Å²) in [6.07, 6.45) is 12.6. The van der Waals surface area contributed by atoms with E-state index in [0.717, 1.165) is 51.4 Å². The molecule has 1 aliphatic carbocycles. The highest BCUT2D eigenvalue weighted by Crippen LogP contribution is 2.36. The van der Waals surface area contributed by atoms with Gasteiger partial charge in [-0.3, -0.25) is 0 Å². The third-order valence-corrected chi connectivity index (χ3v) is 7.10. The van der Waals surface area contributed by atoms with Crippen molar-refractivity contribution in [3.8, 4) is 0 Å². The van der Waals surface area contributed by atoms with E-state index < -0.39 is 0 Å². The highest BCUT2D eigenvalue weighted by molar-refractivity contribution is 5.65. The van der Waals surface area contributed by atoms with Crippen LogP contribution in [-0.2, 0) is 6.42 Å². The molecule has 0 saturated heterocycles. The molecule has 0 heteroatoms. The van der Waals surface area contributed by atoms with Gasteiger partial charge in [-0.05, 0) is 103 Å². The summed E-state index contributed by atoms with van der Waals surface area (Å²) in [5.74, 6) is 0.624. The maximum atomic E-state index is 4.43. The first kappa shape index (κ1) is 27.5. The minimum absolute atomic E-state index is 0.624. The van der Waals surface area contributed by atoms with E-state index >= 15 is 0 Å². The number of aryl methyl sites for hydroxylation is 1. The summed E-state index contributed by atoms with van der Waals surface area (Å²) < 4.78 is 0. The molecule has 0 bridgehead atoms. The van der Waals surface area contributed by atoms with Crippen LogP contribution in [0.25, 0.3) is 11.1 Å². The molecule has 2 aromatic rings. The second-order valence-corrected chi connectivity index (χ2v) is 10.8. The van der Waals surface area contributed by atoms with Gasteiger partial charge in [0.15, 0.2) is 0 Å². The van der Waals surface area contributed by atoms with Crippen LogP contribution in [0.2, 0.25) is 0 Å². The van der Waals surface area contributed by atoms with Gasteiger partial charge in [-0.15, -0.1) is 6.58 Å². The number of benzene rings is 2. The Morgan fingerprint density at radius 1 is 0.917 bits per heavy atom. The average Bonchev–Trinajstić information content (AvgIpc) is 3.22.